The van der Waals surface area contributed by atoms with E-state index in [1.165, 1.54) is 13.2 Å². The van der Waals surface area contributed by atoms with Crippen LogP contribution >= 0.6 is 0 Å². The Hall–Kier alpha value is -3.35. The summed E-state index contributed by atoms with van der Waals surface area (Å²) in [6.07, 6.45) is 2.33. The van der Waals surface area contributed by atoms with Gasteiger partial charge in [-0.15, -0.1) is 0 Å². The number of carbonyl (C=O) groups is 1. The van der Waals surface area contributed by atoms with Gasteiger partial charge in [-0.05, 0) is 41.8 Å². The fourth-order valence-electron chi connectivity index (χ4n) is 3.01. The van der Waals surface area contributed by atoms with Gasteiger partial charge in [0.05, 0.1) is 7.11 Å². The normalized spacial score (nSPS) is 10.8. The molecule has 5 nitrogen and oxygen atoms in total. The minimum Gasteiger partial charge on any atom is -0.493 e. The predicted molar refractivity (Wildman–Crippen MR) is 106 cm³/mol. The SMILES string of the molecule is COc1ccc(CCNC(=O)c2cccn2Cc2ccccc2)cc1OC(F)F. The zero-order valence-electron chi connectivity index (χ0n) is 16.0. The van der Waals surface area contributed by atoms with E-state index in [2.05, 4.69) is 10.1 Å². The second kappa shape index (κ2) is 9.73. The maximum Gasteiger partial charge on any atom is 0.387 e. The Bertz CT molecular complexity index is 942. The van der Waals surface area contributed by atoms with Crippen LogP contribution in [0.2, 0.25) is 0 Å². The number of amides is 1. The predicted octanol–water partition coefficient (Wildman–Crippen LogP) is 4.12. The fraction of sp³-hybridized carbons (Fsp3) is 0.227. The first kappa shape index (κ1) is 20.4. The molecule has 0 fully saturated rings. The largest absolute Gasteiger partial charge is 0.493 e. The Balaban J connectivity index is 1.59. The molecule has 1 N–H and O–H groups in total. The molecular weight excluding hydrogens is 378 g/mol. The van der Waals surface area contributed by atoms with Crippen molar-refractivity contribution < 1.29 is 23.0 Å². The molecule has 0 spiro atoms. The number of methoxy groups -OCH3 is 1. The lowest BCUT2D eigenvalue weighted by Gasteiger charge is -2.12. The summed E-state index contributed by atoms with van der Waals surface area (Å²) in [5, 5.41) is 2.87. The molecule has 1 amide bonds. The minimum atomic E-state index is -2.93. The van der Waals surface area contributed by atoms with Crippen molar-refractivity contribution in [1.82, 2.24) is 9.88 Å². The van der Waals surface area contributed by atoms with E-state index in [0.29, 0.717) is 25.2 Å². The summed E-state index contributed by atoms with van der Waals surface area (Å²) < 4.78 is 36.5. The summed E-state index contributed by atoms with van der Waals surface area (Å²) in [4.78, 5) is 12.5. The second-order valence-corrected chi connectivity index (χ2v) is 6.38. The zero-order chi connectivity index (χ0) is 20.6. The van der Waals surface area contributed by atoms with Gasteiger partial charge in [0.15, 0.2) is 11.5 Å². The molecular formula is C22H22F2N2O3. The number of alkyl halides is 2. The summed E-state index contributed by atoms with van der Waals surface area (Å²) in [5.74, 6) is 0.0170. The van der Waals surface area contributed by atoms with Crippen molar-refractivity contribution in [2.45, 2.75) is 19.6 Å². The van der Waals surface area contributed by atoms with Crippen LogP contribution in [0.5, 0.6) is 11.5 Å². The third-order valence-corrected chi connectivity index (χ3v) is 4.40. The van der Waals surface area contributed by atoms with Gasteiger partial charge in [0.2, 0.25) is 0 Å². The van der Waals surface area contributed by atoms with Crippen molar-refractivity contribution in [3.63, 3.8) is 0 Å². The molecule has 2 aromatic carbocycles. The minimum absolute atomic E-state index is 0.0249. The molecule has 0 radical (unpaired) electrons. The maximum atomic E-state index is 12.5. The first-order chi connectivity index (χ1) is 14.1. The summed E-state index contributed by atoms with van der Waals surface area (Å²) in [5.41, 5.74) is 2.41. The number of benzene rings is 2. The van der Waals surface area contributed by atoms with E-state index in [1.54, 1.807) is 18.2 Å². The van der Waals surface area contributed by atoms with Crippen molar-refractivity contribution in [3.8, 4) is 11.5 Å². The third kappa shape index (κ3) is 5.57. The molecule has 29 heavy (non-hydrogen) atoms. The van der Waals surface area contributed by atoms with E-state index in [-0.39, 0.29) is 17.4 Å². The Morgan fingerprint density at radius 2 is 1.83 bits per heavy atom. The molecule has 0 aliphatic rings. The molecule has 1 heterocycles. The molecule has 1 aromatic heterocycles. The molecule has 152 valence electrons. The third-order valence-electron chi connectivity index (χ3n) is 4.40. The average molecular weight is 400 g/mol. The number of nitrogens with zero attached hydrogens (tertiary/aromatic N) is 1. The molecule has 3 rings (SSSR count). The number of hydrogen-bond donors (Lipinski definition) is 1. The lowest BCUT2D eigenvalue weighted by atomic mass is 10.1. The van der Waals surface area contributed by atoms with E-state index in [0.717, 1.165) is 11.1 Å². The van der Waals surface area contributed by atoms with Crippen LogP contribution in [-0.2, 0) is 13.0 Å². The number of aromatic nitrogens is 1. The van der Waals surface area contributed by atoms with Crippen molar-refractivity contribution >= 4 is 5.91 Å². The van der Waals surface area contributed by atoms with Gasteiger partial charge in [0, 0.05) is 19.3 Å². The first-order valence-electron chi connectivity index (χ1n) is 9.16. The maximum absolute atomic E-state index is 12.5. The molecule has 0 bridgehead atoms. The lowest BCUT2D eigenvalue weighted by molar-refractivity contribution is -0.0512. The van der Waals surface area contributed by atoms with E-state index in [9.17, 15) is 13.6 Å². The van der Waals surface area contributed by atoms with Crippen LogP contribution in [0.1, 0.15) is 21.6 Å². The Morgan fingerprint density at radius 1 is 1.03 bits per heavy atom. The van der Waals surface area contributed by atoms with Crippen molar-refractivity contribution in [2.75, 3.05) is 13.7 Å². The van der Waals surface area contributed by atoms with Crippen molar-refractivity contribution in [2.24, 2.45) is 0 Å². The molecule has 0 aliphatic heterocycles. The van der Waals surface area contributed by atoms with Gasteiger partial charge >= 0.3 is 6.61 Å². The number of nitrogens with one attached hydrogen (secondary N) is 1. The van der Waals surface area contributed by atoms with Crippen LogP contribution in [0.3, 0.4) is 0 Å². The monoisotopic (exact) mass is 400 g/mol. The number of ether oxygens (including phenoxy) is 2. The van der Waals surface area contributed by atoms with Crippen LogP contribution < -0.4 is 14.8 Å². The smallest absolute Gasteiger partial charge is 0.387 e. The van der Waals surface area contributed by atoms with Crippen molar-refractivity contribution in [1.29, 1.82) is 0 Å². The number of carbonyl (C=O) groups excluding carboxylic acids is 1. The van der Waals surface area contributed by atoms with E-state index >= 15 is 0 Å². The molecule has 0 saturated heterocycles. The average Bonchev–Trinajstić information content (AvgIpc) is 3.16. The molecule has 3 aromatic rings. The van der Waals surface area contributed by atoms with Crippen LogP contribution in [-0.4, -0.2) is 30.7 Å². The molecule has 0 atom stereocenters. The highest BCUT2D eigenvalue weighted by molar-refractivity contribution is 5.92. The standard InChI is InChI=1S/C22H22F2N2O3/c1-28-19-10-9-16(14-20(19)29-22(23)24)11-12-25-21(27)18-8-5-13-26(18)15-17-6-3-2-4-7-17/h2-10,13-14,22H,11-12,15H2,1H3,(H,25,27). The van der Waals surface area contributed by atoms with E-state index in [4.69, 9.17) is 4.74 Å². The summed E-state index contributed by atoms with van der Waals surface area (Å²) >= 11 is 0. The Labute approximate surface area is 167 Å². The fourth-order valence-corrected chi connectivity index (χ4v) is 3.01. The van der Waals surface area contributed by atoms with Crippen LogP contribution in [0, 0.1) is 0 Å². The van der Waals surface area contributed by atoms with Gasteiger partial charge in [-0.2, -0.15) is 8.78 Å². The summed E-state index contributed by atoms with van der Waals surface area (Å²) in [6.45, 7) is -1.98. The Kier molecular flexibility index (Phi) is 6.84. The van der Waals surface area contributed by atoms with E-state index < -0.39 is 6.61 Å². The molecule has 0 unspecified atom stereocenters. The molecule has 0 saturated carbocycles. The van der Waals surface area contributed by atoms with Gasteiger partial charge in [0.1, 0.15) is 5.69 Å². The number of rotatable bonds is 9. The molecule has 0 aliphatic carbocycles. The van der Waals surface area contributed by atoms with Gasteiger partial charge < -0.3 is 19.4 Å². The van der Waals surface area contributed by atoms with E-state index in [1.807, 2.05) is 47.2 Å². The highest BCUT2D eigenvalue weighted by Gasteiger charge is 2.13. The summed E-state index contributed by atoms with van der Waals surface area (Å²) in [6, 6.07) is 18.3. The molecule has 7 heteroatoms. The highest BCUT2D eigenvalue weighted by atomic mass is 19.3. The van der Waals surface area contributed by atoms with Gasteiger partial charge in [-0.25, -0.2) is 0 Å². The first-order valence-corrected chi connectivity index (χ1v) is 9.16. The van der Waals surface area contributed by atoms with Crippen LogP contribution in [0.25, 0.3) is 0 Å². The van der Waals surface area contributed by atoms with Gasteiger partial charge in [-0.1, -0.05) is 36.4 Å². The lowest BCUT2D eigenvalue weighted by Crippen LogP contribution is -2.28. The van der Waals surface area contributed by atoms with Crippen LogP contribution in [0.4, 0.5) is 8.78 Å². The highest BCUT2D eigenvalue weighted by Crippen LogP contribution is 2.29. The van der Waals surface area contributed by atoms with Gasteiger partial charge in [0.25, 0.3) is 5.91 Å². The second-order valence-electron chi connectivity index (χ2n) is 6.38. The quantitative estimate of drug-likeness (QED) is 0.588. The Morgan fingerprint density at radius 3 is 2.55 bits per heavy atom. The van der Waals surface area contributed by atoms with Gasteiger partial charge in [-0.3, -0.25) is 4.79 Å². The summed E-state index contributed by atoms with van der Waals surface area (Å²) in [7, 11) is 1.39. The topological polar surface area (TPSA) is 52.5 Å². The van der Waals surface area contributed by atoms with Crippen molar-refractivity contribution in [3.05, 3.63) is 83.7 Å². The number of halogens is 2. The zero-order valence-corrected chi connectivity index (χ0v) is 16.0. The number of hydrogen-bond acceptors (Lipinski definition) is 3. The van der Waals surface area contributed by atoms with Crippen LogP contribution in [0.15, 0.2) is 66.9 Å².